The van der Waals surface area contributed by atoms with Gasteiger partial charge in [0.25, 0.3) is 6.47 Å². The Labute approximate surface area is 185 Å². The summed E-state index contributed by atoms with van der Waals surface area (Å²) in [6.07, 6.45) is 3.33. The van der Waals surface area contributed by atoms with E-state index < -0.39 is 5.41 Å². The van der Waals surface area contributed by atoms with E-state index in [9.17, 15) is 9.59 Å². The van der Waals surface area contributed by atoms with E-state index in [4.69, 9.17) is 9.72 Å². The van der Waals surface area contributed by atoms with Crippen molar-refractivity contribution in [3.63, 3.8) is 0 Å². The predicted octanol–water partition coefficient (Wildman–Crippen LogP) is 3.90. The highest BCUT2D eigenvalue weighted by molar-refractivity contribution is 5.95. The molecule has 0 fully saturated rings. The zero-order valence-electron chi connectivity index (χ0n) is 18.1. The van der Waals surface area contributed by atoms with Crippen LogP contribution in [0.2, 0.25) is 0 Å². The minimum absolute atomic E-state index is 0.0310. The first-order chi connectivity index (χ1) is 15.4. The Bertz CT molecular complexity index is 1300. The first-order valence-electron chi connectivity index (χ1n) is 10.1. The second-order valence-corrected chi connectivity index (χ2v) is 8.15. The third-order valence-corrected chi connectivity index (χ3v) is 5.09. The van der Waals surface area contributed by atoms with Crippen LogP contribution in [0.15, 0.2) is 60.9 Å². The van der Waals surface area contributed by atoms with E-state index in [0.717, 1.165) is 28.1 Å². The number of aryl methyl sites for hydroxylation is 1. The van der Waals surface area contributed by atoms with Gasteiger partial charge in [0.2, 0.25) is 5.91 Å². The molecule has 3 heterocycles. The molecule has 8 heteroatoms. The second kappa shape index (κ2) is 8.58. The zero-order valence-corrected chi connectivity index (χ0v) is 18.1. The fraction of sp³-hybridized carbons (Fsp3) is 0.208. The molecular formula is C24H23N5O3. The number of nitrogens with zero attached hydrogens (tertiary/aromatic N) is 4. The summed E-state index contributed by atoms with van der Waals surface area (Å²) in [6.45, 7) is 5.72. The summed E-state index contributed by atoms with van der Waals surface area (Å²) >= 11 is 0. The standard InChI is InChI=1S/C24H23N5O3/c1-16-6-4-7-17(12-16)21-22(29-20(28-21)8-5-10-26-29)18-9-11-25-19(13-18)27-23(31)24(2,3)14-32-15-30/h4-13,15H,14H2,1-3H3,(H,25,27,31). The Morgan fingerprint density at radius 3 is 2.75 bits per heavy atom. The van der Waals surface area contributed by atoms with Crippen LogP contribution >= 0.6 is 0 Å². The molecule has 0 saturated carbocycles. The normalized spacial score (nSPS) is 11.3. The monoisotopic (exact) mass is 429 g/mol. The number of pyridine rings is 1. The molecule has 32 heavy (non-hydrogen) atoms. The maximum atomic E-state index is 12.7. The Kier molecular flexibility index (Phi) is 5.68. The van der Waals surface area contributed by atoms with Gasteiger partial charge >= 0.3 is 0 Å². The van der Waals surface area contributed by atoms with E-state index in [1.54, 1.807) is 36.8 Å². The van der Waals surface area contributed by atoms with Gasteiger partial charge in [-0.25, -0.2) is 14.5 Å². The third kappa shape index (κ3) is 4.20. The number of ether oxygens (including phenoxy) is 1. The average Bonchev–Trinajstić information content (AvgIpc) is 3.17. The van der Waals surface area contributed by atoms with E-state index >= 15 is 0 Å². The van der Waals surface area contributed by atoms with Crippen molar-refractivity contribution in [2.24, 2.45) is 5.41 Å². The van der Waals surface area contributed by atoms with Crippen molar-refractivity contribution >= 4 is 23.8 Å². The molecule has 4 rings (SSSR count). The van der Waals surface area contributed by atoms with E-state index in [1.165, 1.54) is 0 Å². The number of aromatic nitrogens is 4. The van der Waals surface area contributed by atoms with Gasteiger partial charge in [0.15, 0.2) is 5.65 Å². The summed E-state index contributed by atoms with van der Waals surface area (Å²) in [4.78, 5) is 32.3. The van der Waals surface area contributed by atoms with Crippen LogP contribution in [0.1, 0.15) is 19.4 Å². The van der Waals surface area contributed by atoms with Crippen LogP contribution in [0.25, 0.3) is 28.2 Å². The SMILES string of the molecule is Cc1cccc(-c2nc3cccnn3c2-c2ccnc(NC(=O)C(C)(C)COC=O)c2)c1. The van der Waals surface area contributed by atoms with Gasteiger partial charge in [-0.05, 0) is 51.1 Å². The number of carbonyl (C=O) groups is 2. The second-order valence-electron chi connectivity index (χ2n) is 8.15. The van der Waals surface area contributed by atoms with Crippen molar-refractivity contribution in [2.75, 3.05) is 11.9 Å². The van der Waals surface area contributed by atoms with Gasteiger partial charge in [0, 0.05) is 23.5 Å². The van der Waals surface area contributed by atoms with Gasteiger partial charge in [-0.3, -0.25) is 9.59 Å². The van der Waals surface area contributed by atoms with Gasteiger partial charge in [0.05, 0.1) is 11.1 Å². The fourth-order valence-electron chi connectivity index (χ4n) is 3.38. The first-order valence-corrected chi connectivity index (χ1v) is 10.1. The van der Waals surface area contributed by atoms with Gasteiger partial charge in [-0.15, -0.1) is 0 Å². The lowest BCUT2D eigenvalue weighted by molar-refractivity contribution is -0.136. The highest BCUT2D eigenvalue weighted by atomic mass is 16.5. The van der Waals surface area contributed by atoms with E-state index in [-0.39, 0.29) is 12.5 Å². The van der Waals surface area contributed by atoms with Gasteiger partial charge in [-0.2, -0.15) is 5.10 Å². The number of benzene rings is 1. The summed E-state index contributed by atoms with van der Waals surface area (Å²) in [5, 5.41) is 7.30. The lowest BCUT2D eigenvalue weighted by Gasteiger charge is -2.21. The van der Waals surface area contributed by atoms with Crippen LogP contribution in [0.5, 0.6) is 0 Å². The number of hydrogen-bond acceptors (Lipinski definition) is 6. The molecule has 1 aromatic carbocycles. The Morgan fingerprint density at radius 2 is 1.97 bits per heavy atom. The smallest absolute Gasteiger partial charge is 0.293 e. The van der Waals surface area contributed by atoms with Crippen LogP contribution in [0.3, 0.4) is 0 Å². The van der Waals surface area contributed by atoms with Gasteiger partial charge < -0.3 is 10.1 Å². The minimum atomic E-state index is -0.907. The van der Waals surface area contributed by atoms with Crippen molar-refractivity contribution < 1.29 is 14.3 Å². The van der Waals surface area contributed by atoms with Crippen molar-refractivity contribution in [1.29, 1.82) is 0 Å². The Morgan fingerprint density at radius 1 is 1.12 bits per heavy atom. The highest BCUT2D eigenvalue weighted by Gasteiger charge is 2.29. The molecule has 0 unspecified atom stereocenters. The fourth-order valence-corrected chi connectivity index (χ4v) is 3.38. The number of amides is 1. The Hall–Kier alpha value is -4.07. The van der Waals surface area contributed by atoms with Crippen LogP contribution < -0.4 is 5.32 Å². The summed E-state index contributed by atoms with van der Waals surface area (Å²) in [7, 11) is 0. The third-order valence-electron chi connectivity index (χ3n) is 5.09. The minimum Gasteiger partial charge on any atom is -0.467 e. The number of carbonyl (C=O) groups excluding carboxylic acids is 2. The van der Waals surface area contributed by atoms with Gasteiger partial charge in [0.1, 0.15) is 18.1 Å². The lowest BCUT2D eigenvalue weighted by Crippen LogP contribution is -2.35. The number of hydrogen-bond donors (Lipinski definition) is 1. The molecule has 0 atom stereocenters. The molecule has 1 N–H and O–H groups in total. The molecule has 0 radical (unpaired) electrons. The van der Waals surface area contributed by atoms with E-state index in [1.807, 2.05) is 43.3 Å². The highest BCUT2D eigenvalue weighted by Crippen LogP contribution is 2.33. The molecule has 0 aliphatic rings. The topological polar surface area (TPSA) is 98.5 Å². The summed E-state index contributed by atoms with van der Waals surface area (Å²) in [5.41, 5.74) is 4.30. The molecule has 3 aromatic heterocycles. The average molecular weight is 429 g/mol. The maximum Gasteiger partial charge on any atom is 0.293 e. The van der Waals surface area contributed by atoms with Crippen molar-refractivity contribution in [2.45, 2.75) is 20.8 Å². The largest absolute Gasteiger partial charge is 0.467 e. The molecule has 0 spiro atoms. The van der Waals surface area contributed by atoms with Crippen LogP contribution in [0.4, 0.5) is 5.82 Å². The maximum absolute atomic E-state index is 12.7. The van der Waals surface area contributed by atoms with Gasteiger partial charge in [-0.1, -0.05) is 23.8 Å². The molecule has 0 aliphatic heterocycles. The lowest BCUT2D eigenvalue weighted by atomic mass is 9.93. The quantitative estimate of drug-likeness (QED) is 0.447. The number of nitrogens with one attached hydrogen (secondary N) is 1. The number of anilines is 1. The molecular weight excluding hydrogens is 406 g/mol. The molecule has 0 aliphatic carbocycles. The predicted molar refractivity (Wildman–Crippen MR) is 121 cm³/mol. The van der Waals surface area contributed by atoms with Crippen molar-refractivity contribution in [3.05, 3.63) is 66.5 Å². The number of rotatable bonds is 7. The van der Waals surface area contributed by atoms with Crippen molar-refractivity contribution in [1.82, 2.24) is 19.6 Å². The van der Waals surface area contributed by atoms with E-state index in [2.05, 4.69) is 21.5 Å². The molecule has 1 amide bonds. The molecule has 0 saturated heterocycles. The van der Waals surface area contributed by atoms with Crippen LogP contribution in [-0.2, 0) is 14.3 Å². The zero-order chi connectivity index (χ0) is 22.7. The molecule has 8 nitrogen and oxygen atoms in total. The number of fused-ring (bicyclic) bond motifs is 1. The summed E-state index contributed by atoms with van der Waals surface area (Å²) in [5.74, 6) is 0.0759. The molecule has 4 aromatic rings. The van der Waals surface area contributed by atoms with Crippen LogP contribution in [-0.4, -0.2) is 38.6 Å². The Balaban J connectivity index is 1.76. The van der Waals surface area contributed by atoms with E-state index in [0.29, 0.717) is 17.9 Å². The van der Waals surface area contributed by atoms with Crippen molar-refractivity contribution in [3.8, 4) is 22.5 Å². The van der Waals surface area contributed by atoms with Crippen LogP contribution in [0, 0.1) is 12.3 Å². The summed E-state index contributed by atoms with van der Waals surface area (Å²) in [6, 6.07) is 15.5. The number of imidazole rings is 1. The molecule has 0 bridgehead atoms. The first kappa shape index (κ1) is 21.2. The summed E-state index contributed by atoms with van der Waals surface area (Å²) < 4.78 is 6.56. The molecule has 162 valence electrons.